The van der Waals surface area contributed by atoms with Crippen molar-refractivity contribution in [3.8, 4) is 0 Å². The number of nitrogens with one attached hydrogen (secondary N) is 2. The summed E-state index contributed by atoms with van der Waals surface area (Å²) in [7, 11) is 1.77. The Kier molecular flexibility index (Phi) is 11.9. The molecule has 0 fully saturated rings. The van der Waals surface area contributed by atoms with Crippen LogP contribution in [0.15, 0.2) is 15.6 Å². The van der Waals surface area contributed by atoms with Crippen LogP contribution in [-0.2, 0) is 6.54 Å². The van der Waals surface area contributed by atoms with E-state index in [0.29, 0.717) is 12.5 Å². The number of aliphatic imine (C=N–C) groups is 1. The topological polar surface area (TPSA) is 62.5 Å². The van der Waals surface area contributed by atoms with Gasteiger partial charge < -0.3 is 15.2 Å². The molecular weight excluding hydrogens is 399 g/mol. The summed E-state index contributed by atoms with van der Waals surface area (Å²) in [5.74, 6) is 3.24. The summed E-state index contributed by atoms with van der Waals surface area (Å²) < 4.78 is 5.28. The molecule has 7 heteroatoms. The predicted molar refractivity (Wildman–Crippen MR) is 102 cm³/mol. The molecule has 21 heavy (non-hydrogen) atoms. The average Bonchev–Trinajstić information content (AvgIpc) is 2.91. The Hall–Kier alpha value is -0.440. The van der Waals surface area contributed by atoms with E-state index < -0.39 is 0 Å². The summed E-state index contributed by atoms with van der Waals surface area (Å²) in [6.45, 7) is 5.74. The molecule has 0 saturated carbocycles. The molecule has 0 radical (unpaired) electrons. The molecule has 2 N–H and O–H groups in total. The zero-order valence-electron chi connectivity index (χ0n) is 13.3. The van der Waals surface area contributed by atoms with Crippen LogP contribution < -0.4 is 10.6 Å². The van der Waals surface area contributed by atoms with Crippen LogP contribution in [0.5, 0.6) is 0 Å². The lowest BCUT2D eigenvalue weighted by Crippen LogP contribution is -2.37. The Morgan fingerprint density at radius 2 is 2.14 bits per heavy atom. The lowest BCUT2D eigenvalue weighted by molar-refractivity contribution is 0.372. The number of halogens is 1. The van der Waals surface area contributed by atoms with Gasteiger partial charge in [0, 0.05) is 19.7 Å². The van der Waals surface area contributed by atoms with Gasteiger partial charge >= 0.3 is 0 Å². The zero-order valence-corrected chi connectivity index (χ0v) is 16.5. The summed E-state index contributed by atoms with van der Waals surface area (Å²) in [5, 5.41) is 10.6. The van der Waals surface area contributed by atoms with Crippen LogP contribution in [0.1, 0.15) is 44.1 Å². The van der Waals surface area contributed by atoms with Crippen molar-refractivity contribution in [2.24, 2.45) is 4.99 Å². The van der Waals surface area contributed by atoms with E-state index >= 15 is 0 Å². The quantitative estimate of drug-likeness (QED) is 0.289. The Balaban J connectivity index is 0.00000400. The second kappa shape index (κ2) is 12.1. The Morgan fingerprint density at radius 1 is 1.38 bits per heavy atom. The average molecular weight is 426 g/mol. The van der Waals surface area contributed by atoms with E-state index in [0.717, 1.165) is 30.4 Å². The van der Waals surface area contributed by atoms with Gasteiger partial charge in [-0.05, 0) is 30.8 Å². The van der Waals surface area contributed by atoms with Gasteiger partial charge in [0.2, 0.25) is 0 Å². The third kappa shape index (κ3) is 8.55. The van der Waals surface area contributed by atoms with Crippen molar-refractivity contribution in [3.05, 3.63) is 17.5 Å². The van der Waals surface area contributed by atoms with Crippen molar-refractivity contribution in [1.82, 2.24) is 15.8 Å². The number of thioether (sulfide) groups is 1. The van der Waals surface area contributed by atoms with E-state index in [4.69, 9.17) is 4.52 Å². The van der Waals surface area contributed by atoms with E-state index in [2.05, 4.69) is 40.9 Å². The first-order valence-corrected chi connectivity index (χ1v) is 8.45. The molecule has 0 aromatic carbocycles. The van der Waals surface area contributed by atoms with Crippen LogP contribution in [0, 0.1) is 0 Å². The van der Waals surface area contributed by atoms with E-state index in [1.807, 2.05) is 17.8 Å². The monoisotopic (exact) mass is 426 g/mol. The fraction of sp³-hybridized carbons (Fsp3) is 0.714. The fourth-order valence-electron chi connectivity index (χ4n) is 1.65. The minimum absolute atomic E-state index is 0. The highest BCUT2D eigenvalue weighted by atomic mass is 127. The molecule has 0 aliphatic carbocycles. The molecular formula is C14H27IN4OS. The van der Waals surface area contributed by atoms with Crippen molar-refractivity contribution < 1.29 is 4.52 Å². The smallest absolute Gasteiger partial charge is 0.191 e. The van der Waals surface area contributed by atoms with Gasteiger partial charge in [0.05, 0.1) is 12.2 Å². The molecule has 0 aliphatic heterocycles. The standard InChI is InChI=1S/C14H26N4OS.HI/c1-11(2)13-9-12(19-18-13)10-17-14(15-3)16-7-5-6-8-20-4;/h9,11H,5-8,10H2,1-4H3,(H2,15,16,17);1H. The Morgan fingerprint density at radius 3 is 2.71 bits per heavy atom. The van der Waals surface area contributed by atoms with Gasteiger partial charge in [0.25, 0.3) is 0 Å². The number of aromatic nitrogens is 1. The molecule has 1 aromatic heterocycles. The molecule has 0 atom stereocenters. The van der Waals surface area contributed by atoms with E-state index in [9.17, 15) is 0 Å². The van der Waals surface area contributed by atoms with Crippen LogP contribution in [0.4, 0.5) is 0 Å². The van der Waals surface area contributed by atoms with Crippen molar-refractivity contribution in [3.63, 3.8) is 0 Å². The number of unbranched alkanes of at least 4 members (excludes halogenated alkanes) is 1. The van der Waals surface area contributed by atoms with Gasteiger partial charge in [0.15, 0.2) is 11.7 Å². The van der Waals surface area contributed by atoms with Gasteiger partial charge in [-0.25, -0.2) is 0 Å². The largest absolute Gasteiger partial charge is 0.359 e. The van der Waals surface area contributed by atoms with Crippen LogP contribution in [0.3, 0.4) is 0 Å². The molecule has 1 heterocycles. The van der Waals surface area contributed by atoms with Crippen molar-refractivity contribution >= 4 is 41.7 Å². The van der Waals surface area contributed by atoms with Crippen molar-refractivity contribution in [2.45, 2.75) is 39.2 Å². The van der Waals surface area contributed by atoms with Gasteiger partial charge in [-0.15, -0.1) is 24.0 Å². The second-order valence-electron chi connectivity index (χ2n) is 4.93. The summed E-state index contributed by atoms with van der Waals surface area (Å²) >= 11 is 1.89. The van der Waals surface area contributed by atoms with E-state index in [-0.39, 0.29) is 24.0 Å². The SMILES string of the molecule is CN=C(NCCCCSC)NCc1cc(C(C)C)no1.I. The van der Waals surface area contributed by atoms with Crippen molar-refractivity contribution in [1.29, 1.82) is 0 Å². The van der Waals surface area contributed by atoms with E-state index in [1.54, 1.807) is 7.05 Å². The van der Waals surface area contributed by atoms with Crippen LogP contribution in [0.25, 0.3) is 0 Å². The highest BCUT2D eigenvalue weighted by Crippen LogP contribution is 2.13. The number of nitrogens with zero attached hydrogens (tertiary/aromatic N) is 2. The molecule has 0 aliphatic rings. The maximum absolute atomic E-state index is 5.28. The lowest BCUT2D eigenvalue weighted by atomic mass is 10.1. The summed E-state index contributed by atoms with van der Waals surface area (Å²) in [6.07, 6.45) is 4.52. The Bertz CT molecular complexity index is 409. The molecule has 0 bridgehead atoms. The third-order valence-corrected chi connectivity index (χ3v) is 3.59. The molecule has 122 valence electrons. The number of guanidine groups is 1. The van der Waals surface area contributed by atoms with Gasteiger partial charge in [-0.2, -0.15) is 11.8 Å². The minimum atomic E-state index is 0. The first-order valence-electron chi connectivity index (χ1n) is 7.06. The van der Waals surface area contributed by atoms with E-state index in [1.165, 1.54) is 12.2 Å². The lowest BCUT2D eigenvalue weighted by Gasteiger charge is -2.10. The predicted octanol–water partition coefficient (Wildman–Crippen LogP) is 3.22. The molecule has 5 nitrogen and oxygen atoms in total. The van der Waals surface area contributed by atoms with Crippen molar-refractivity contribution in [2.75, 3.05) is 25.6 Å². The summed E-state index contributed by atoms with van der Waals surface area (Å²) in [5.41, 5.74) is 0.988. The Labute approximate surface area is 149 Å². The zero-order chi connectivity index (χ0) is 14.8. The highest BCUT2D eigenvalue weighted by Gasteiger charge is 2.07. The first kappa shape index (κ1) is 20.6. The van der Waals surface area contributed by atoms with Crippen LogP contribution >= 0.6 is 35.7 Å². The first-order chi connectivity index (χ1) is 9.67. The highest BCUT2D eigenvalue weighted by molar-refractivity contribution is 14.0. The van der Waals surface area contributed by atoms with Gasteiger partial charge in [-0.1, -0.05) is 19.0 Å². The molecule has 1 rings (SSSR count). The molecule has 0 saturated heterocycles. The van der Waals surface area contributed by atoms with Gasteiger partial charge in [-0.3, -0.25) is 4.99 Å². The number of hydrogen-bond acceptors (Lipinski definition) is 4. The normalized spacial score (nSPS) is 11.4. The maximum atomic E-state index is 5.28. The maximum Gasteiger partial charge on any atom is 0.191 e. The minimum Gasteiger partial charge on any atom is -0.359 e. The molecule has 0 unspecified atom stereocenters. The third-order valence-electron chi connectivity index (χ3n) is 2.89. The number of rotatable bonds is 8. The molecule has 0 amide bonds. The summed E-state index contributed by atoms with van der Waals surface area (Å²) in [6, 6.07) is 1.99. The molecule has 0 spiro atoms. The van der Waals surface area contributed by atoms with Crippen LogP contribution in [0.2, 0.25) is 0 Å². The van der Waals surface area contributed by atoms with Crippen LogP contribution in [-0.4, -0.2) is 36.7 Å². The summed E-state index contributed by atoms with van der Waals surface area (Å²) in [4.78, 5) is 4.19. The van der Waals surface area contributed by atoms with Gasteiger partial charge in [0.1, 0.15) is 0 Å². The second-order valence-corrected chi connectivity index (χ2v) is 5.91. The fourth-order valence-corrected chi connectivity index (χ4v) is 2.15. The number of hydrogen-bond donors (Lipinski definition) is 2. The molecule has 1 aromatic rings.